The van der Waals surface area contributed by atoms with Gasteiger partial charge < -0.3 is 0 Å². The van der Waals surface area contributed by atoms with Gasteiger partial charge in [0, 0.05) is 32.7 Å². The van der Waals surface area contributed by atoms with E-state index in [0.717, 1.165) is 0 Å². The fourth-order valence-electron chi connectivity index (χ4n) is 2.20. The Balaban J connectivity index is -0.0000000895. The molecule has 1 radical (unpaired) electrons. The Morgan fingerprint density at radius 3 is 0.561 bits per heavy atom. The van der Waals surface area contributed by atoms with Crippen LogP contribution >= 0.6 is 0 Å². The van der Waals surface area contributed by atoms with Crippen molar-refractivity contribution in [1.82, 2.24) is 0 Å². The van der Waals surface area contributed by atoms with Gasteiger partial charge in [-0.15, -0.1) is 0 Å². The van der Waals surface area contributed by atoms with E-state index in [1.54, 1.807) is 0 Å². The second-order valence-corrected chi connectivity index (χ2v) is 5.66. The molecule has 0 N–H and O–H groups in total. The first-order chi connectivity index (χ1) is 20.0. The van der Waals surface area contributed by atoms with Gasteiger partial charge >= 0.3 is 0 Å². The molecule has 0 saturated heterocycles. The van der Waals surface area contributed by atoms with Crippen LogP contribution in [0.25, 0.3) is 10.8 Å². The van der Waals surface area contributed by atoms with Gasteiger partial charge in [-0.05, 0) is 10.8 Å². The molecule has 0 heterocycles. The molecule has 41 heavy (non-hydrogen) atoms. The summed E-state index contributed by atoms with van der Waals surface area (Å²) in [7, 11) is 0. The summed E-state index contributed by atoms with van der Waals surface area (Å²) >= 11 is 0. The van der Waals surface area contributed by atoms with Gasteiger partial charge in [0.25, 0.3) is 0 Å². The van der Waals surface area contributed by atoms with Gasteiger partial charge in [0.1, 0.15) is 0 Å². The molecule has 0 spiro atoms. The molecule has 0 aliphatic heterocycles. The molecule has 1 heteroatoms. The van der Waals surface area contributed by atoms with Crippen molar-refractivity contribution < 1.29 is 32.7 Å². The third kappa shape index (κ3) is 42.1. The van der Waals surface area contributed by atoms with Gasteiger partial charge in [-0.2, -0.15) is 72.8 Å². The molecule has 5 aromatic rings. The molecule has 0 aromatic heterocycles. The Morgan fingerprint density at radius 1 is 0.268 bits per heavy atom. The van der Waals surface area contributed by atoms with Crippen molar-refractivity contribution in [2.24, 2.45) is 0 Å². The van der Waals surface area contributed by atoms with Crippen molar-refractivity contribution in [3.63, 3.8) is 0 Å². The number of fused-ring (bicyclic) bond motifs is 1. The summed E-state index contributed by atoms with van der Waals surface area (Å²) in [4.78, 5) is 0. The van der Waals surface area contributed by atoms with Crippen LogP contribution in [-0.2, 0) is 32.7 Å². The van der Waals surface area contributed by atoms with Gasteiger partial charge in [-0.25, -0.2) is 0 Å². The zero-order valence-corrected chi connectivity index (χ0v) is 31.3. The van der Waals surface area contributed by atoms with Crippen LogP contribution in [0.3, 0.4) is 0 Å². The average molecular weight is 630 g/mol. The quantitative estimate of drug-likeness (QED) is 0.150. The maximum Gasteiger partial charge on any atom is 0 e. The summed E-state index contributed by atoms with van der Waals surface area (Å²) in [6, 6.07) is 53.7. The second kappa shape index (κ2) is 57.4. The van der Waals surface area contributed by atoms with E-state index in [1.165, 1.54) is 10.8 Å². The molecule has 0 aliphatic carbocycles. The molecule has 5 aromatic carbocycles. The predicted molar refractivity (Wildman–Crippen MR) is 189 cm³/mol. The van der Waals surface area contributed by atoms with Crippen LogP contribution in [0.15, 0.2) is 146 Å². The molecule has 225 valence electrons. The predicted octanol–water partition coefficient (Wildman–Crippen LogP) is 13.7. The minimum Gasteiger partial charge on any atom is -0.184 e. The molecule has 0 atom stereocenters. The van der Waals surface area contributed by atoms with E-state index >= 15 is 0 Å². The van der Waals surface area contributed by atoms with Gasteiger partial charge in [0.05, 0.1) is 0 Å². The maximum atomic E-state index is 2.89. The minimum atomic E-state index is 0. The largest absolute Gasteiger partial charge is 0.184 e. The van der Waals surface area contributed by atoms with Crippen molar-refractivity contribution in [2.75, 3.05) is 0 Å². The minimum absolute atomic E-state index is 0. The number of hydrogen-bond donors (Lipinski definition) is 0. The second-order valence-electron chi connectivity index (χ2n) is 5.66. The normalized spacial score (nSPS) is 6.83. The first kappa shape index (κ1) is 51.2. The van der Waals surface area contributed by atoms with Crippen LogP contribution in [0.4, 0.5) is 0 Å². The van der Waals surface area contributed by atoms with Crippen LogP contribution in [0.5, 0.6) is 0 Å². The van der Waals surface area contributed by atoms with Crippen LogP contribution in [-0.4, -0.2) is 0 Å². The van der Waals surface area contributed by atoms with Gasteiger partial charge in [-0.3, -0.25) is 0 Å². The third-order valence-corrected chi connectivity index (χ3v) is 3.54. The van der Waals surface area contributed by atoms with Crippen molar-refractivity contribution >= 4 is 10.8 Å². The first-order valence-corrected chi connectivity index (χ1v) is 15.2. The van der Waals surface area contributed by atoms with Crippen molar-refractivity contribution in [2.45, 2.75) is 83.1 Å². The molecule has 5 rings (SSSR count). The Bertz CT molecular complexity index is 732. The summed E-state index contributed by atoms with van der Waals surface area (Å²) in [5.74, 6) is 0. The van der Waals surface area contributed by atoms with E-state index in [9.17, 15) is 0 Å². The maximum absolute atomic E-state index is 2.89. The molecule has 0 unspecified atom stereocenters. The van der Waals surface area contributed by atoms with E-state index in [4.69, 9.17) is 0 Å². The van der Waals surface area contributed by atoms with Crippen molar-refractivity contribution in [3.8, 4) is 0 Å². The summed E-state index contributed by atoms with van der Waals surface area (Å²) in [6.45, 7) is 24.0. The third-order valence-electron chi connectivity index (χ3n) is 3.54. The van der Waals surface area contributed by atoms with Gasteiger partial charge in [-0.1, -0.05) is 168 Å². The summed E-state index contributed by atoms with van der Waals surface area (Å²) < 4.78 is 0. The summed E-state index contributed by atoms with van der Waals surface area (Å²) in [5, 5.41) is 2.62. The monoisotopic (exact) mass is 629 g/mol. The number of hydrogen-bond acceptors (Lipinski definition) is 0. The fourth-order valence-corrected chi connectivity index (χ4v) is 2.20. The zero-order chi connectivity index (χ0) is 31.5. The summed E-state index contributed by atoms with van der Waals surface area (Å²) in [6.07, 6.45) is 0. The molecule has 0 amide bonds. The molecule has 0 nitrogen and oxygen atoms in total. The Morgan fingerprint density at radius 2 is 0.439 bits per heavy atom. The SMILES string of the molecule is CC.CC.CC.CC.CC.CC.[Y].[c-]1ccccc1.[c-]1ccccc1.c1ccc2ccccc2c1.c1ccccc1. The molecule has 0 saturated carbocycles. The number of benzene rings is 5. The van der Waals surface area contributed by atoms with Crippen LogP contribution in [0, 0.1) is 12.1 Å². The van der Waals surface area contributed by atoms with E-state index < -0.39 is 0 Å². The Labute approximate surface area is 282 Å². The average Bonchev–Trinajstić information content (AvgIpc) is 3.13. The standard InChI is InChI=1S/C10H8.C6H6.2C6H5.6C2H6.Y/c1-2-6-10-8-4-3-7-9(10)5-1;3*1-2-4-6-5-3-1;6*1-2;/h1-8H;1-6H;2*1-5H;6*1-2H3;/q;;2*-1;;;;;;;. The fraction of sp³-hybridized carbons (Fsp3) is 0.300. The van der Waals surface area contributed by atoms with Crippen molar-refractivity contribution in [1.29, 1.82) is 0 Å². The first-order valence-electron chi connectivity index (χ1n) is 15.2. The van der Waals surface area contributed by atoms with E-state index in [1.807, 2.05) is 180 Å². The molecule has 0 bridgehead atoms. The topological polar surface area (TPSA) is 0 Å². The van der Waals surface area contributed by atoms with Crippen LogP contribution < -0.4 is 0 Å². The van der Waals surface area contributed by atoms with Gasteiger partial charge in [0.2, 0.25) is 0 Å². The smallest absolute Gasteiger partial charge is 0 e. The van der Waals surface area contributed by atoms with Crippen molar-refractivity contribution in [3.05, 3.63) is 158 Å². The molecule has 0 aliphatic rings. The Kier molecular flexibility index (Phi) is 71.7. The molecular formula is C40H60Y-2. The van der Waals surface area contributed by atoms with E-state index in [0.29, 0.717) is 0 Å². The van der Waals surface area contributed by atoms with Crippen LogP contribution in [0.1, 0.15) is 83.1 Å². The molecular weight excluding hydrogens is 569 g/mol. The number of rotatable bonds is 0. The summed E-state index contributed by atoms with van der Waals surface area (Å²) in [5.41, 5.74) is 0. The van der Waals surface area contributed by atoms with E-state index in [-0.39, 0.29) is 32.7 Å². The zero-order valence-electron chi connectivity index (χ0n) is 28.4. The van der Waals surface area contributed by atoms with Gasteiger partial charge in [0.15, 0.2) is 0 Å². The molecule has 0 fully saturated rings. The Hall–Kier alpha value is -2.54. The van der Waals surface area contributed by atoms with E-state index in [2.05, 4.69) is 60.7 Å². The van der Waals surface area contributed by atoms with Crippen LogP contribution in [0.2, 0.25) is 0 Å².